The van der Waals surface area contributed by atoms with Crippen LogP contribution in [0.1, 0.15) is 0 Å². The van der Waals surface area contributed by atoms with E-state index in [0.717, 1.165) is 16.5 Å². The highest BCUT2D eigenvalue weighted by molar-refractivity contribution is 7.85. The van der Waals surface area contributed by atoms with Crippen molar-refractivity contribution >= 4 is 32.3 Å². The van der Waals surface area contributed by atoms with Crippen molar-refractivity contribution < 1.29 is 13.0 Å². The standard InChI is InChI=1S/C16H12N2O3S/c19-22(20,21)14-10-8-13(9-11-14)17-18-16-7-3-5-12-4-1-2-6-15(12)16/h1-11H,(H,19,20,21). The molecule has 0 saturated carbocycles. The molecule has 22 heavy (non-hydrogen) atoms. The fraction of sp³-hybridized carbons (Fsp3) is 0. The van der Waals surface area contributed by atoms with Gasteiger partial charge < -0.3 is 0 Å². The first-order valence-corrected chi connectivity index (χ1v) is 7.95. The van der Waals surface area contributed by atoms with Gasteiger partial charge >= 0.3 is 0 Å². The van der Waals surface area contributed by atoms with Crippen molar-refractivity contribution in [2.75, 3.05) is 0 Å². The number of hydrogen-bond donors (Lipinski definition) is 1. The maximum atomic E-state index is 11.0. The van der Waals surface area contributed by atoms with Gasteiger partial charge in [0.25, 0.3) is 10.1 Å². The van der Waals surface area contributed by atoms with E-state index in [9.17, 15) is 8.42 Å². The highest BCUT2D eigenvalue weighted by Crippen LogP contribution is 2.27. The number of benzene rings is 3. The van der Waals surface area contributed by atoms with Crippen LogP contribution < -0.4 is 0 Å². The molecule has 0 bridgehead atoms. The number of nitrogens with zero attached hydrogens (tertiary/aromatic N) is 2. The van der Waals surface area contributed by atoms with Crippen molar-refractivity contribution in [1.29, 1.82) is 0 Å². The fourth-order valence-corrected chi connectivity index (χ4v) is 2.57. The molecule has 0 saturated heterocycles. The highest BCUT2D eigenvalue weighted by Gasteiger charge is 2.08. The molecule has 0 unspecified atom stereocenters. The molecule has 3 aromatic rings. The van der Waals surface area contributed by atoms with Crippen molar-refractivity contribution in [3.63, 3.8) is 0 Å². The Hall–Kier alpha value is -2.57. The minimum atomic E-state index is -4.19. The molecule has 0 heterocycles. The minimum absolute atomic E-state index is 0.170. The van der Waals surface area contributed by atoms with Crippen molar-refractivity contribution in [1.82, 2.24) is 0 Å². The molecule has 0 aromatic heterocycles. The average molecular weight is 312 g/mol. The van der Waals surface area contributed by atoms with Gasteiger partial charge in [-0.1, -0.05) is 36.4 Å². The molecule has 110 valence electrons. The lowest BCUT2D eigenvalue weighted by Crippen LogP contribution is -1.96. The first-order valence-electron chi connectivity index (χ1n) is 6.51. The molecule has 0 amide bonds. The average Bonchev–Trinajstić information content (AvgIpc) is 2.52. The van der Waals surface area contributed by atoms with Gasteiger partial charge in [0, 0.05) is 5.39 Å². The smallest absolute Gasteiger partial charge is 0.282 e. The molecule has 0 aliphatic carbocycles. The lowest BCUT2D eigenvalue weighted by Gasteiger charge is -2.00. The van der Waals surface area contributed by atoms with Crippen LogP contribution in [-0.4, -0.2) is 13.0 Å². The summed E-state index contributed by atoms with van der Waals surface area (Å²) in [5.74, 6) is 0. The van der Waals surface area contributed by atoms with Crippen LogP contribution in [-0.2, 0) is 10.1 Å². The predicted octanol–water partition coefficient (Wildman–Crippen LogP) is 4.50. The maximum absolute atomic E-state index is 11.0. The third-order valence-corrected chi connectivity index (χ3v) is 4.04. The van der Waals surface area contributed by atoms with E-state index >= 15 is 0 Å². The second kappa shape index (κ2) is 5.67. The summed E-state index contributed by atoms with van der Waals surface area (Å²) in [5.41, 5.74) is 1.23. The van der Waals surface area contributed by atoms with Gasteiger partial charge in [0.2, 0.25) is 0 Å². The summed E-state index contributed by atoms with van der Waals surface area (Å²) in [6.07, 6.45) is 0. The zero-order valence-electron chi connectivity index (χ0n) is 11.4. The first-order chi connectivity index (χ1) is 10.5. The van der Waals surface area contributed by atoms with Gasteiger partial charge in [0.05, 0.1) is 16.3 Å². The molecular formula is C16H12N2O3S. The Morgan fingerprint density at radius 3 is 2.18 bits per heavy atom. The highest BCUT2D eigenvalue weighted by atomic mass is 32.2. The Kier molecular flexibility index (Phi) is 3.70. The topological polar surface area (TPSA) is 79.1 Å². The zero-order valence-corrected chi connectivity index (χ0v) is 12.2. The van der Waals surface area contributed by atoms with Gasteiger partial charge in [0.15, 0.2) is 0 Å². The number of rotatable bonds is 3. The molecular weight excluding hydrogens is 300 g/mol. The van der Waals surface area contributed by atoms with E-state index < -0.39 is 10.1 Å². The lowest BCUT2D eigenvalue weighted by molar-refractivity contribution is 0.483. The molecule has 0 spiro atoms. The Balaban J connectivity index is 1.93. The van der Waals surface area contributed by atoms with E-state index in [4.69, 9.17) is 4.55 Å². The predicted molar refractivity (Wildman–Crippen MR) is 84.4 cm³/mol. The van der Waals surface area contributed by atoms with E-state index in [1.165, 1.54) is 24.3 Å². The van der Waals surface area contributed by atoms with Crippen molar-refractivity contribution in [2.24, 2.45) is 10.2 Å². The zero-order chi connectivity index (χ0) is 15.6. The number of hydrogen-bond acceptors (Lipinski definition) is 4. The number of fused-ring (bicyclic) bond motifs is 1. The molecule has 0 radical (unpaired) electrons. The van der Waals surface area contributed by atoms with Gasteiger partial charge in [-0.25, -0.2) is 0 Å². The molecule has 0 aliphatic heterocycles. The van der Waals surface area contributed by atoms with E-state index in [2.05, 4.69) is 10.2 Å². The number of azo groups is 1. The first kappa shape index (κ1) is 14.4. The monoisotopic (exact) mass is 312 g/mol. The van der Waals surface area contributed by atoms with Crippen molar-refractivity contribution in [3.05, 3.63) is 66.7 Å². The summed E-state index contributed by atoms with van der Waals surface area (Å²) in [6.45, 7) is 0. The molecule has 0 fully saturated rings. The summed E-state index contributed by atoms with van der Waals surface area (Å²) in [7, 11) is -4.19. The van der Waals surface area contributed by atoms with E-state index in [1.807, 2.05) is 42.5 Å². The van der Waals surface area contributed by atoms with Crippen LogP contribution in [0.15, 0.2) is 81.9 Å². The molecule has 5 nitrogen and oxygen atoms in total. The van der Waals surface area contributed by atoms with Crippen LogP contribution in [0.4, 0.5) is 11.4 Å². The molecule has 3 aromatic carbocycles. The van der Waals surface area contributed by atoms with Crippen LogP contribution in [0.5, 0.6) is 0 Å². The molecule has 3 rings (SSSR count). The van der Waals surface area contributed by atoms with E-state index in [1.54, 1.807) is 0 Å². The van der Waals surface area contributed by atoms with Gasteiger partial charge in [-0.15, -0.1) is 5.11 Å². The van der Waals surface area contributed by atoms with Crippen LogP contribution >= 0.6 is 0 Å². The van der Waals surface area contributed by atoms with Gasteiger partial charge in [-0.05, 0) is 35.7 Å². The van der Waals surface area contributed by atoms with Crippen molar-refractivity contribution in [2.45, 2.75) is 4.90 Å². The lowest BCUT2D eigenvalue weighted by atomic mass is 10.1. The quantitative estimate of drug-likeness (QED) is 0.571. The largest absolute Gasteiger partial charge is 0.294 e. The van der Waals surface area contributed by atoms with Gasteiger partial charge in [-0.3, -0.25) is 4.55 Å². The summed E-state index contributed by atoms with van der Waals surface area (Å²) in [6, 6.07) is 19.1. The Morgan fingerprint density at radius 1 is 0.773 bits per heavy atom. The second-order valence-corrected chi connectivity index (χ2v) is 6.09. The Bertz CT molecular complexity index is 943. The van der Waals surface area contributed by atoms with Crippen LogP contribution in [0.3, 0.4) is 0 Å². The summed E-state index contributed by atoms with van der Waals surface area (Å²) < 4.78 is 30.9. The Labute approximate surface area is 127 Å². The maximum Gasteiger partial charge on any atom is 0.294 e. The van der Waals surface area contributed by atoms with Gasteiger partial charge in [0.1, 0.15) is 0 Å². The molecule has 0 atom stereocenters. The summed E-state index contributed by atoms with van der Waals surface area (Å²) in [5, 5.41) is 10.4. The fourth-order valence-electron chi connectivity index (χ4n) is 2.09. The van der Waals surface area contributed by atoms with Crippen LogP contribution in [0.25, 0.3) is 10.8 Å². The van der Waals surface area contributed by atoms with Crippen LogP contribution in [0.2, 0.25) is 0 Å². The van der Waals surface area contributed by atoms with E-state index in [-0.39, 0.29) is 4.90 Å². The van der Waals surface area contributed by atoms with Crippen LogP contribution in [0, 0.1) is 0 Å². The molecule has 0 aliphatic rings. The molecule has 6 heteroatoms. The molecule has 1 N–H and O–H groups in total. The summed E-state index contributed by atoms with van der Waals surface area (Å²) in [4.78, 5) is -0.170. The third-order valence-electron chi connectivity index (χ3n) is 3.17. The van der Waals surface area contributed by atoms with Crippen molar-refractivity contribution in [3.8, 4) is 0 Å². The summed E-state index contributed by atoms with van der Waals surface area (Å²) >= 11 is 0. The third kappa shape index (κ3) is 3.03. The second-order valence-electron chi connectivity index (χ2n) is 4.67. The normalized spacial score (nSPS) is 12.0. The Morgan fingerprint density at radius 2 is 1.45 bits per heavy atom. The van der Waals surface area contributed by atoms with Gasteiger partial charge in [-0.2, -0.15) is 13.5 Å². The minimum Gasteiger partial charge on any atom is -0.282 e. The van der Waals surface area contributed by atoms with E-state index in [0.29, 0.717) is 5.69 Å². The SMILES string of the molecule is O=S(=O)(O)c1ccc(N=Nc2cccc3ccccc23)cc1.